The van der Waals surface area contributed by atoms with Gasteiger partial charge in [0, 0.05) is 39.1 Å². The fourth-order valence-corrected chi connectivity index (χ4v) is 5.49. The van der Waals surface area contributed by atoms with Gasteiger partial charge in [0.1, 0.15) is 4.90 Å². The molecule has 0 aliphatic carbocycles. The molecule has 2 saturated heterocycles. The molecular formula is C15H19Cl2N3O3S. The molecule has 2 fully saturated rings. The number of likely N-dealkylation sites (tertiary alicyclic amines) is 1. The Morgan fingerprint density at radius 1 is 1.21 bits per heavy atom. The van der Waals surface area contributed by atoms with Crippen molar-refractivity contribution in [2.24, 2.45) is 11.8 Å². The normalized spacial score (nSPS) is 23.5. The Labute approximate surface area is 151 Å². The summed E-state index contributed by atoms with van der Waals surface area (Å²) in [4.78, 5) is 13.9. The molecule has 0 spiro atoms. The Kier molecular flexibility index (Phi) is 5.36. The van der Waals surface area contributed by atoms with Crippen LogP contribution in [-0.4, -0.2) is 51.9 Å². The summed E-state index contributed by atoms with van der Waals surface area (Å²) in [7, 11) is -3.85. The molecule has 2 N–H and O–H groups in total. The highest BCUT2D eigenvalue weighted by molar-refractivity contribution is 7.89. The van der Waals surface area contributed by atoms with Gasteiger partial charge in [0.05, 0.1) is 10.0 Å². The van der Waals surface area contributed by atoms with Crippen LogP contribution in [0, 0.1) is 11.8 Å². The standard InChI is InChI=1S/C15H19Cl2N3O3S/c16-12-2-1-3-13(17)15(12)24(22,23)19-5-4-14(21)20-8-10-6-18-7-11(10)9-20/h1-3,10-11,18-19H,4-9H2/t10-,11+. The molecule has 2 aliphatic heterocycles. The monoisotopic (exact) mass is 391 g/mol. The number of carbonyl (C=O) groups is 1. The smallest absolute Gasteiger partial charge is 0.243 e. The number of rotatable bonds is 5. The second-order valence-corrected chi connectivity index (χ2v) is 8.69. The third-order valence-electron chi connectivity index (χ3n) is 4.56. The Morgan fingerprint density at radius 2 is 1.79 bits per heavy atom. The zero-order valence-electron chi connectivity index (χ0n) is 13.0. The van der Waals surface area contributed by atoms with E-state index < -0.39 is 10.0 Å². The zero-order valence-corrected chi connectivity index (χ0v) is 15.3. The van der Waals surface area contributed by atoms with E-state index in [1.165, 1.54) is 12.1 Å². The Balaban J connectivity index is 1.55. The second kappa shape index (κ2) is 7.17. The molecule has 2 atom stereocenters. The Bertz CT molecular complexity index is 709. The summed E-state index contributed by atoms with van der Waals surface area (Å²) >= 11 is 11.9. The number of amides is 1. The fraction of sp³-hybridized carbons (Fsp3) is 0.533. The summed E-state index contributed by atoms with van der Waals surface area (Å²) in [6, 6.07) is 4.50. The van der Waals surface area contributed by atoms with Gasteiger partial charge in [0.15, 0.2) is 0 Å². The van der Waals surface area contributed by atoms with Gasteiger partial charge >= 0.3 is 0 Å². The summed E-state index contributed by atoms with van der Waals surface area (Å²) in [5.74, 6) is 1.01. The average molecular weight is 392 g/mol. The van der Waals surface area contributed by atoms with E-state index in [9.17, 15) is 13.2 Å². The van der Waals surface area contributed by atoms with Crippen LogP contribution in [0.4, 0.5) is 0 Å². The molecule has 1 amide bonds. The highest BCUT2D eigenvalue weighted by atomic mass is 35.5. The number of hydrogen-bond donors (Lipinski definition) is 2. The summed E-state index contributed by atoms with van der Waals surface area (Å²) in [5.41, 5.74) is 0. The predicted octanol–water partition coefficient (Wildman–Crippen LogP) is 1.34. The van der Waals surface area contributed by atoms with Crippen molar-refractivity contribution >= 4 is 39.1 Å². The van der Waals surface area contributed by atoms with Crippen LogP contribution >= 0.6 is 23.2 Å². The van der Waals surface area contributed by atoms with Crippen LogP contribution in [0.3, 0.4) is 0 Å². The van der Waals surface area contributed by atoms with Crippen molar-refractivity contribution in [3.8, 4) is 0 Å². The van der Waals surface area contributed by atoms with Gasteiger partial charge in [-0.15, -0.1) is 0 Å². The molecule has 132 valence electrons. The molecule has 0 unspecified atom stereocenters. The minimum absolute atomic E-state index is 0.0206. The topological polar surface area (TPSA) is 78.5 Å². The van der Waals surface area contributed by atoms with Crippen LogP contribution in [0.25, 0.3) is 0 Å². The van der Waals surface area contributed by atoms with Crippen molar-refractivity contribution in [1.29, 1.82) is 0 Å². The number of nitrogens with zero attached hydrogens (tertiary/aromatic N) is 1. The van der Waals surface area contributed by atoms with Gasteiger partial charge in [0.2, 0.25) is 15.9 Å². The first-order valence-corrected chi connectivity index (χ1v) is 10.0. The number of halogens is 2. The lowest BCUT2D eigenvalue weighted by molar-refractivity contribution is -0.130. The minimum Gasteiger partial charge on any atom is -0.342 e. The van der Waals surface area contributed by atoms with Crippen LogP contribution in [0.1, 0.15) is 6.42 Å². The molecule has 2 heterocycles. The maximum absolute atomic E-state index is 12.3. The van der Waals surface area contributed by atoms with Crippen molar-refractivity contribution in [2.45, 2.75) is 11.3 Å². The van der Waals surface area contributed by atoms with Crippen molar-refractivity contribution in [1.82, 2.24) is 14.9 Å². The highest BCUT2D eigenvalue weighted by Gasteiger charge is 2.37. The quantitative estimate of drug-likeness (QED) is 0.793. The van der Waals surface area contributed by atoms with E-state index in [1.54, 1.807) is 6.07 Å². The first-order valence-electron chi connectivity index (χ1n) is 7.80. The minimum atomic E-state index is -3.85. The van der Waals surface area contributed by atoms with E-state index in [4.69, 9.17) is 23.2 Å². The number of sulfonamides is 1. The maximum atomic E-state index is 12.3. The van der Waals surface area contributed by atoms with Gasteiger partial charge in [-0.2, -0.15) is 0 Å². The molecule has 1 aromatic carbocycles. The van der Waals surface area contributed by atoms with Crippen LogP contribution in [-0.2, 0) is 14.8 Å². The van der Waals surface area contributed by atoms with Crippen molar-refractivity contribution in [2.75, 3.05) is 32.7 Å². The Hall–Kier alpha value is -0.860. The molecule has 24 heavy (non-hydrogen) atoms. The van der Waals surface area contributed by atoms with Crippen LogP contribution in [0.5, 0.6) is 0 Å². The molecule has 3 rings (SSSR count). The summed E-state index contributed by atoms with van der Waals surface area (Å²) in [6.07, 6.45) is 0.119. The molecular weight excluding hydrogens is 373 g/mol. The first-order chi connectivity index (χ1) is 11.4. The van der Waals surface area contributed by atoms with Gasteiger partial charge in [-0.1, -0.05) is 29.3 Å². The summed E-state index contributed by atoms with van der Waals surface area (Å²) < 4.78 is 27.1. The molecule has 6 nitrogen and oxygen atoms in total. The van der Waals surface area contributed by atoms with Crippen molar-refractivity contribution in [3.63, 3.8) is 0 Å². The molecule has 0 radical (unpaired) electrons. The molecule has 1 aromatic rings. The molecule has 2 aliphatic rings. The van der Waals surface area contributed by atoms with Gasteiger partial charge in [-0.3, -0.25) is 4.79 Å². The van der Waals surface area contributed by atoms with Gasteiger partial charge in [0.25, 0.3) is 0 Å². The fourth-order valence-electron chi connectivity index (χ4n) is 3.32. The lowest BCUT2D eigenvalue weighted by Crippen LogP contribution is -2.35. The third kappa shape index (κ3) is 3.70. The van der Waals surface area contributed by atoms with Crippen molar-refractivity contribution < 1.29 is 13.2 Å². The van der Waals surface area contributed by atoms with E-state index in [0.29, 0.717) is 11.8 Å². The number of carbonyl (C=O) groups excluding carboxylic acids is 1. The number of hydrogen-bond acceptors (Lipinski definition) is 4. The summed E-state index contributed by atoms with van der Waals surface area (Å²) in [6.45, 7) is 3.42. The summed E-state index contributed by atoms with van der Waals surface area (Å²) in [5, 5.41) is 3.43. The zero-order chi connectivity index (χ0) is 17.3. The predicted molar refractivity (Wildman–Crippen MR) is 92.7 cm³/mol. The molecule has 0 bridgehead atoms. The molecule has 9 heteroatoms. The number of nitrogens with one attached hydrogen (secondary N) is 2. The second-order valence-electron chi connectivity index (χ2n) is 6.18. The molecule has 0 saturated carbocycles. The van der Waals surface area contributed by atoms with Crippen LogP contribution in [0.2, 0.25) is 10.0 Å². The highest BCUT2D eigenvalue weighted by Crippen LogP contribution is 2.29. The van der Waals surface area contributed by atoms with Crippen LogP contribution in [0.15, 0.2) is 23.1 Å². The van der Waals surface area contributed by atoms with Gasteiger partial charge < -0.3 is 10.2 Å². The van der Waals surface area contributed by atoms with Gasteiger partial charge in [-0.25, -0.2) is 13.1 Å². The Morgan fingerprint density at radius 3 is 2.38 bits per heavy atom. The van der Waals surface area contributed by atoms with Crippen molar-refractivity contribution in [3.05, 3.63) is 28.2 Å². The van der Waals surface area contributed by atoms with E-state index in [-0.39, 0.29) is 33.8 Å². The maximum Gasteiger partial charge on any atom is 0.243 e. The van der Waals surface area contributed by atoms with E-state index in [0.717, 1.165) is 26.2 Å². The lowest BCUT2D eigenvalue weighted by atomic mass is 10.0. The number of fused-ring (bicyclic) bond motifs is 1. The number of benzene rings is 1. The SMILES string of the molecule is O=C(CCNS(=O)(=O)c1c(Cl)cccc1Cl)N1C[C@H]2CNC[C@H]2C1. The van der Waals surface area contributed by atoms with E-state index in [1.807, 2.05) is 4.90 Å². The van der Waals surface area contributed by atoms with E-state index in [2.05, 4.69) is 10.0 Å². The van der Waals surface area contributed by atoms with E-state index >= 15 is 0 Å². The lowest BCUT2D eigenvalue weighted by Gasteiger charge is -2.17. The molecule has 0 aromatic heterocycles. The first kappa shape index (κ1) is 17.9. The van der Waals surface area contributed by atoms with Crippen LogP contribution < -0.4 is 10.0 Å². The van der Waals surface area contributed by atoms with Gasteiger partial charge in [-0.05, 0) is 24.0 Å². The largest absolute Gasteiger partial charge is 0.342 e. The third-order valence-corrected chi connectivity index (χ3v) is 6.98. The average Bonchev–Trinajstić information content (AvgIpc) is 3.07.